The summed E-state index contributed by atoms with van der Waals surface area (Å²) in [5.41, 5.74) is 5.72. The van der Waals surface area contributed by atoms with Gasteiger partial charge in [-0.1, -0.05) is 0 Å². The molecule has 0 aliphatic rings. The molecular formula is C10H23N3O2. The zero-order valence-electron chi connectivity index (χ0n) is 9.95. The normalized spacial score (nSPS) is 12.5. The Labute approximate surface area is 91.9 Å². The van der Waals surface area contributed by atoms with Crippen molar-refractivity contribution in [2.24, 2.45) is 5.73 Å². The van der Waals surface area contributed by atoms with Gasteiger partial charge in [-0.3, -0.25) is 4.79 Å². The molecule has 3 N–H and O–H groups in total. The summed E-state index contributed by atoms with van der Waals surface area (Å²) in [5, 5.41) is 3.04. The summed E-state index contributed by atoms with van der Waals surface area (Å²) in [6, 6.07) is -0.440. The fraction of sp³-hybridized carbons (Fsp3) is 0.900. The second-order valence-corrected chi connectivity index (χ2v) is 3.60. The zero-order chi connectivity index (χ0) is 11.7. The third-order valence-electron chi connectivity index (χ3n) is 2.25. The van der Waals surface area contributed by atoms with Gasteiger partial charge in [-0.25, -0.2) is 0 Å². The van der Waals surface area contributed by atoms with Crippen molar-refractivity contribution in [2.75, 3.05) is 40.9 Å². The average Bonchev–Trinajstić information content (AvgIpc) is 2.24. The van der Waals surface area contributed by atoms with E-state index in [0.29, 0.717) is 13.0 Å². The summed E-state index contributed by atoms with van der Waals surface area (Å²) in [5.74, 6) is -0.0110. The molecule has 0 aromatic rings. The Morgan fingerprint density at radius 1 is 1.60 bits per heavy atom. The van der Waals surface area contributed by atoms with Crippen molar-refractivity contribution in [2.45, 2.75) is 18.9 Å². The van der Waals surface area contributed by atoms with Crippen LogP contribution < -0.4 is 11.1 Å². The van der Waals surface area contributed by atoms with E-state index in [-0.39, 0.29) is 5.91 Å². The molecule has 90 valence electrons. The molecule has 15 heavy (non-hydrogen) atoms. The highest BCUT2D eigenvalue weighted by Gasteiger charge is 2.16. The smallest absolute Gasteiger partial charge is 0.239 e. The zero-order valence-corrected chi connectivity index (χ0v) is 9.95. The molecule has 1 atom stereocenters. The van der Waals surface area contributed by atoms with Gasteiger partial charge in [0.2, 0.25) is 5.91 Å². The second kappa shape index (κ2) is 8.64. The monoisotopic (exact) mass is 217 g/mol. The molecule has 1 amide bonds. The van der Waals surface area contributed by atoms with Gasteiger partial charge < -0.3 is 20.7 Å². The molecule has 0 aromatic heterocycles. The minimum atomic E-state index is -0.440. The maximum Gasteiger partial charge on any atom is 0.239 e. The molecule has 0 saturated heterocycles. The minimum absolute atomic E-state index is 0.0110. The molecule has 5 nitrogen and oxygen atoms in total. The number of rotatable bonds is 8. The van der Waals surface area contributed by atoms with Gasteiger partial charge in [0.25, 0.3) is 0 Å². The standard InChI is InChI=1S/C10H23N3O2/c1-12-6-4-7-13(2)10(14)9(11)5-8-15-3/h9,12H,4-8,11H2,1-3H3. The first-order valence-electron chi connectivity index (χ1n) is 5.27. The van der Waals surface area contributed by atoms with Crippen molar-refractivity contribution >= 4 is 5.91 Å². The van der Waals surface area contributed by atoms with Crippen molar-refractivity contribution in [3.8, 4) is 0 Å². The highest BCUT2D eigenvalue weighted by molar-refractivity contribution is 5.81. The summed E-state index contributed by atoms with van der Waals surface area (Å²) >= 11 is 0. The van der Waals surface area contributed by atoms with E-state index >= 15 is 0 Å². The lowest BCUT2D eigenvalue weighted by atomic mass is 10.2. The molecule has 0 aliphatic carbocycles. The van der Waals surface area contributed by atoms with E-state index in [1.807, 2.05) is 7.05 Å². The van der Waals surface area contributed by atoms with Crippen LogP contribution in [0.4, 0.5) is 0 Å². The van der Waals surface area contributed by atoms with Gasteiger partial charge in [0.15, 0.2) is 0 Å². The van der Waals surface area contributed by atoms with Crippen LogP contribution in [0.25, 0.3) is 0 Å². The average molecular weight is 217 g/mol. The Kier molecular flexibility index (Phi) is 8.27. The second-order valence-electron chi connectivity index (χ2n) is 3.60. The van der Waals surface area contributed by atoms with E-state index in [9.17, 15) is 4.79 Å². The first-order chi connectivity index (χ1) is 7.13. The van der Waals surface area contributed by atoms with Gasteiger partial charge in [0.1, 0.15) is 0 Å². The Morgan fingerprint density at radius 2 is 2.27 bits per heavy atom. The topological polar surface area (TPSA) is 67.6 Å². The number of nitrogens with one attached hydrogen (secondary N) is 1. The van der Waals surface area contributed by atoms with Crippen LogP contribution in [-0.2, 0) is 9.53 Å². The molecule has 0 aromatic carbocycles. The third-order valence-corrected chi connectivity index (χ3v) is 2.25. The number of likely N-dealkylation sites (N-methyl/N-ethyl adjacent to an activating group) is 1. The summed E-state index contributed by atoms with van der Waals surface area (Å²) < 4.78 is 4.88. The lowest BCUT2D eigenvalue weighted by molar-refractivity contribution is -0.131. The number of carbonyl (C=O) groups is 1. The largest absolute Gasteiger partial charge is 0.385 e. The van der Waals surface area contributed by atoms with Gasteiger partial charge in [0.05, 0.1) is 6.04 Å². The minimum Gasteiger partial charge on any atom is -0.385 e. The Hall–Kier alpha value is -0.650. The molecule has 0 rings (SSSR count). The number of amides is 1. The molecule has 1 unspecified atom stereocenters. The van der Waals surface area contributed by atoms with Gasteiger partial charge in [-0.2, -0.15) is 0 Å². The van der Waals surface area contributed by atoms with Crippen molar-refractivity contribution < 1.29 is 9.53 Å². The molecule has 0 saturated carbocycles. The maximum atomic E-state index is 11.7. The predicted molar refractivity (Wildman–Crippen MR) is 60.6 cm³/mol. The van der Waals surface area contributed by atoms with Crippen LogP contribution in [0.3, 0.4) is 0 Å². The lowest BCUT2D eigenvalue weighted by Gasteiger charge is -2.21. The highest BCUT2D eigenvalue weighted by Crippen LogP contribution is 1.96. The van der Waals surface area contributed by atoms with Gasteiger partial charge in [-0.15, -0.1) is 0 Å². The van der Waals surface area contributed by atoms with E-state index in [4.69, 9.17) is 10.5 Å². The van der Waals surface area contributed by atoms with E-state index in [0.717, 1.165) is 19.5 Å². The number of hydrogen-bond acceptors (Lipinski definition) is 4. The summed E-state index contributed by atoms with van der Waals surface area (Å²) in [4.78, 5) is 13.3. The molecule has 0 heterocycles. The van der Waals surface area contributed by atoms with Crippen LogP contribution in [-0.4, -0.2) is 57.8 Å². The van der Waals surface area contributed by atoms with E-state index in [1.54, 1.807) is 19.1 Å². The molecule has 0 aliphatic heterocycles. The fourth-order valence-electron chi connectivity index (χ4n) is 1.25. The van der Waals surface area contributed by atoms with Crippen molar-refractivity contribution in [3.05, 3.63) is 0 Å². The number of methoxy groups -OCH3 is 1. The maximum absolute atomic E-state index is 11.7. The Morgan fingerprint density at radius 3 is 2.80 bits per heavy atom. The summed E-state index contributed by atoms with van der Waals surface area (Å²) in [7, 11) is 5.28. The fourth-order valence-corrected chi connectivity index (χ4v) is 1.25. The van der Waals surface area contributed by atoms with Gasteiger partial charge >= 0.3 is 0 Å². The number of nitrogens with two attached hydrogens (primary N) is 1. The van der Waals surface area contributed by atoms with Gasteiger partial charge in [0, 0.05) is 27.3 Å². The van der Waals surface area contributed by atoms with Crippen LogP contribution in [0.5, 0.6) is 0 Å². The number of nitrogens with zero attached hydrogens (tertiary/aromatic N) is 1. The quantitative estimate of drug-likeness (QED) is 0.534. The van der Waals surface area contributed by atoms with Crippen molar-refractivity contribution in [3.63, 3.8) is 0 Å². The van der Waals surface area contributed by atoms with Crippen LogP contribution in [0.2, 0.25) is 0 Å². The van der Waals surface area contributed by atoms with E-state index < -0.39 is 6.04 Å². The van der Waals surface area contributed by atoms with Crippen LogP contribution in [0.15, 0.2) is 0 Å². The Bertz CT molecular complexity index is 176. The summed E-state index contributed by atoms with van der Waals surface area (Å²) in [6.07, 6.45) is 1.52. The molecule has 5 heteroatoms. The highest BCUT2D eigenvalue weighted by atomic mass is 16.5. The van der Waals surface area contributed by atoms with Crippen molar-refractivity contribution in [1.29, 1.82) is 0 Å². The molecule has 0 bridgehead atoms. The van der Waals surface area contributed by atoms with E-state index in [2.05, 4.69) is 5.32 Å². The number of carbonyl (C=O) groups excluding carboxylic acids is 1. The van der Waals surface area contributed by atoms with Gasteiger partial charge in [-0.05, 0) is 26.4 Å². The molecule has 0 radical (unpaired) electrons. The van der Waals surface area contributed by atoms with E-state index in [1.165, 1.54) is 0 Å². The summed E-state index contributed by atoms with van der Waals surface area (Å²) in [6.45, 7) is 2.17. The third kappa shape index (κ3) is 6.43. The van der Waals surface area contributed by atoms with Crippen LogP contribution in [0, 0.1) is 0 Å². The molecule has 0 spiro atoms. The number of ether oxygens (including phenoxy) is 1. The van der Waals surface area contributed by atoms with Crippen molar-refractivity contribution in [1.82, 2.24) is 10.2 Å². The predicted octanol–water partition coefficient (Wildman–Crippen LogP) is -0.582. The lowest BCUT2D eigenvalue weighted by Crippen LogP contribution is -2.43. The first kappa shape index (κ1) is 14.3. The SMILES string of the molecule is CNCCCN(C)C(=O)C(N)CCOC. The first-order valence-corrected chi connectivity index (χ1v) is 5.27. The van der Waals surface area contributed by atoms with Crippen LogP contribution >= 0.6 is 0 Å². The molecular weight excluding hydrogens is 194 g/mol. The Balaban J connectivity index is 3.75. The number of hydrogen-bond donors (Lipinski definition) is 2. The molecule has 0 fully saturated rings. The van der Waals surface area contributed by atoms with Crippen LogP contribution in [0.1, 0.15) is 12.8 Å².